The summed E-state index contributed by atoms with van der Waals surface area (Å²) in [5, 5.41) is 0. The molecule has 5 aromatic rings. The molecule has 9 rings (SSSR count). The summed E-state index contributed by atoms with van der Waals surface area (Å²) in [5.41, 5.74) is 19.6. The minimum atomic E-state index is -0.00245. The van der Waals surface area contributed by atoms with Crippen LogP contribution in [0.2, 0.25) is 0 Å². The molecule has 50 heavy (non-hydrogen) atoms. The Morgan fingerprint density at radius 1 is 0.620 bits per heavy atom. The van der Waals surface area contributed by atoms with Crippen molar-refractivity contribution in [3.8, 4) is 11.1 Å². The Morgan fingerprint density at radius 3 is 2.06 bits per heavy atom. The van der Waals surface area contributed by atoms with E-state index in [9.17, 15) is 0 Å². The van der Waals surface area contributed by atoms with Gasteiger partial charge in [0.2, 0.25) is 0 Å². The van der Waals surface area contributed by atoms with E-state index < -0.39 is 0 Å². The lowest BCUT2D eigenvalue weighted by Crippen LogP contribution is -2.64. The van der Waals surface area contributed by atoms with Crippen molar-refractivity contribution >= 4 is 51.5 Å². The lowest BCUT2D eigenvalue weighted by molar-refractivity contribution is 0.195. The van der Waals surface area contributed by atoms with E-state index in [1.807, 2.05) is 0 Å². The van der Waals surface area contributed by atoms with E-state index in [-0.39, 0.29) is 28.5 Å². The maximum absolute atomic E-state index is 2.85. The Bertz CT molecular complexity index is 2200. The zero-order valence-corrected chi connectivity index (χ0v) is 31.5. The summed E-state index contributed by atoms with van der Waals surface area (Å²) in [6.45, 7) is 21.6. The first-order valence-electron chi connectivity index (χ1n) is 18.9. The number of hydrogen-bond donors (Lipinski definition) is 0. The van der Waals surface area contributed by atoms with Crippen LogP contribution >= 0.6 is 0 Å². The van der Waals surface area contributed by atoms with Crippen LogP contribution in [0.5, 0.6) is 0 Å². The van der Waals surface area contributed by atoms with Crippen LogP contribution < -0.4 is 26.2 Å². The van der Waals surface area contributed by atoms with Crippen LogP contribution in [-0.2, 0) is 16.2 Å². The van der Waals surface area contributed by atoms with E-state index >= 15 is 0 Å². The predicted octanol–water partition coefficient (Wildman–Crippen LogP) is 10.6. The topological polar surface area (TPSA) is 6.48 Å². The van der Waals surface area contributed by atoms with Gasteiger partial charge in [0.25, 0.3) is 6.71 Å². The van der Waals surface area contributed by atoms with Crippen LogP contribution in [-0.4, -0.2) is 12.3 Å². The van der Waals surface area contributed by atoms with E-state index in [4.69, 9.17) is 0 Å². The highest BCUT2D eigenvalue weighted by Gasteiger charge is 2.61. The van der Waals surface area contributed by atoms with Crippen molar-refractivity contribution in [2.75, 3.05) is 9.80 Å². The first-order chi connectivity index (χ1) is 23.7. The molecular weight excluding hydrogens is 603 g/mol. The highest BCUT2D eigenvalue weighted by molar-refractivity contribution is 7.00. The SMILES string of the molecule is Cc1cc2c3c(c1)N1c4c(cc(-c5ccccc5)cc4C4(C)CCCCC14C)B3c1ccc(C(C)(C)C)cc1N2c1cccc(C(C)(C)C)c1. The molecule has 4 aliphatic rings. The summed E-state index contributed by atoms with van der Waals surface area (Å²) < 4.78 is 0. The van der Waals surface area contributed by atoms with Crippen molar-refractivity contribution in [3.05, 3.63) is 119 Å². The highest BCUT2D eigenvalue weighted by Crippen LogP contribution is 2.62. The van der Waals surface area contributed by atoms with Crippen molar-refractivity contribution in [2.45, 2.75) is 110 Å². The molecule has 0 amide bonds. The number of nitrogens with zero attached hydrogens (tertiary/aromatic N) is 2. The van der Waals surface area contributed by atoms with Crippen LogP contribution in [0.15, 0.2) is 97.1 Å². The average molecular weight is 655 g/mol. The van der Waals surface area contributed by atoms with Gasteiger partial charge in [0.1, 0.15) is 0 Å². The van der Waals surface area contributed by atoms with Crippen molar-refractivity contribution in [3.63, 3.8) is 0 Å². The van der Waals surface area contributed by atoms with Crippen molar-refractivity contribution in [1.29, 1.82) is 0 Å². The van der Waals surface area contributed by atoms with E-state index in [0.29, 0.717) is 0 Å². The summed E-state index contributed by atoms with van der Waals surface area (Å²) in [6.07, 6.45) is 4.99. The third kappa shape index (κ3) is 4.28. The van der Waals surface area contributed by atoms with Gasteiger partial charge in [0.15, 0.2) is 0 Å². The summed E-state index contributed by atoms with van der Waals surface area (Å²) in [6, 6.07) is 38.0. The number of fused-ring (bicyclic) bond motifs is 7. The third-order valence-electron chi connectivity index (χ3n) is 13.1. The second kappa shape index (κ2) is 10.4. The van der Waals surface area contributed by atoms with Crippen LogP contribution in [0, 0.1) is 6.92 Å². The normalized spacial score (nSPS) is 21.8. The van der Waals surface area contributed by atoms with E-state index in [2.05, 4.69) is 169 Å². The van der Waals surface area contributed by atoms with Gasteiger partial charge in [-0.25, -0.2) is 0 Å². The number of aryl methyl sites for hydroxylation is 1. The number of benzene rings is 5. The quantitative estimate of drug-likeness (QED) is 0.172. The lowest BCUT2D eigenvalue weighted by atomic mass is 9.33. The molecule has 2 nitrogen and oxygen atoms in total. The fourth-order valence-corrected chi connectivity index (χ4v) is 10.1. The van der Waals surface area contributed by atoms with Crippen LogP contribution in [0.3, 0.4) is 0 Å². The molecular formula is C47H51BN2. The first kappa shape index (κ1) is 31.7. The molecule has 0 spiro atoms. The van der Waals surface area contributed by atoms with Crippen molar-refractivity contribution in [2.24, 2.45) is 0 Å². The molecule has 0 bridgehead atoms. The molecule has 1 fully saturated rings. The molecule has 0 saturated heterocycles. The minimum absolute atomic E-state index is 0.00245. The van der Waals surface area contributed by atoms with Crippen molar-refractivity contribution < 1.29 is 0 Å². The van der Waals surface area contributed by atoms with Gasteiger partial charge in [0, 0.05) is 33.9 Å². The number of hydrogen-bond acceptors (Lipinski definition) is 2. The fourth-order valence-electron chi connectivity index (χ4n) is 10.1. The fraction of sp³-hybridized carbons (Fsp3) is 0.362. The molecule has 0 aromatic heterocycles. The van der Waals surface area contributed by atoms with Crippen LogP contribution in [0.25, 0.3) is 11.1 Å². The molecule has 1 aliphatic carbocycles. The number of anilines is 5. The summed E-state index contributed by atoms with van der Waals surface area (Å²) in [7, 11) is 0. The molecule has 1 saturated carbocycles. The van der Waals surface area contributed by atoms with Crippen LogP contribution in [0.1, 0.15) is 103 Å². The van der Waals surface area contributed by atoms with Gasteiger partial charge < -0.3 is 9.80 Å². The van der Waals surface area contributed by atoms with Crippen LogP contribution in [0.4, 0.5) is 28.4 Å². The van der Waals surface area contributed by atoms with Gasteiger partial charge in [-0.3, -0.25) is 0 Å². The molecule has 0 radical (unpaired) electrons. The van der Waals surface area contributed by atoms with Gasteiger partial charge in [-0.15, -0.1) is 0 Å². The molecule has 0 N–H and O–H groups in total. The highest BCUT2D eigenvalue weighted by atomic mass is 15.3. The summed E-state index contributed by atoms with van der Waals surface area (Å²) in [5.74, 6) is 0. The average Bonchev–Trinajstić information content (AvgIpc) is 3.29. The maximum Gasteiger partial charge on any atom is 0.252 e. The Kier molecular flexibility index (Phi) is 6.60. The third-order valence-corrected chi connectivity index (χ3v) is 13.1. The summed E-state index contributed by atoms with van der Waals surface area (Å²) in [4.78, 5) is 5.47. The van der Waals surface area contributed by atoms with Gasteiger partial charge in [-0.2, -0.15) is 0 Å². The molecule has 2 atom stereocenters. The zero-order chi connectivity index (χ0) is 35.0. The zero-order valence-electron chi connectivity index (χ0n) is 31.5. The van der Waals surface area contributed by atoms with E-state index in [1.54, 1.807) is 5.56 Å². The van der Waals surface area contributed by atoms with Gasteiger partial charge in [0.05, 0.1) is 5.54 Å². The second-order valence-corrected chi connectivity index (χ2v) is 18.3. The molecule has 5 aromatic carbocycles. The minimum Gasteiger partial charge on any atom is -0.335 e. The number of rotatable bonds is 2. The molecule has 3 heteroatoms. The largest absolute Gasteiger partial charge is 0.335 e. The molecule has 3 heterocycles. The van der Waals surface area contributed by atoms with Gasteiger partial charge >= 0.3 is 0 Å². The lowest BCUT2D eigenvalue weighted by Gasteiger charge is -2.53. The van der Waals surface area contributed by atoms with E-state index in [1.165, 1.54) is 98.3 Å². The smallest absolute Gasteiger partial charge is 0.252 e. The molecule has 2 unspecified atom stereocenters. The Hall–Kier alpha value is -4.24. The Labute approximate surface area is 300 Å². The molecule has 3 aliphatic heterocycles. The predicted molar refractivity (Wildman–Crippen MR) is 216 cm³/mol. The standard InChI is InChI=1S/C47H51BN2/c1-30-24-40-42-41(25-30)50-43-36(46(8)22-13-14-23-47(46,50)9)26-32(31-16-11-10-12-17-31)27-38(43)48(42)37-21-20-34(45(5,6)7)29-39(37)49(40)35-19-15-18-33(28-35)44(2,3)4/h10-12,15-21,24-29H,13-14,22-23H2,1-9H3. The van der Waals surface area contributed by atoms with Gasteiger partial charge in [-0.05, 0) is 124 Å². The van der Waals surface area contributed by atoms with E-state index in [0.717, 1.165) is 0 Å². The first-order valence-corrected chi connectivity index (χ1v) is 18.9. The monoisotopic (exact) mass is 654 g/mol. The van der Waals surface area contributed by atoms with Crippen molar-refractivity contribution in [1.82, 2.24) is 0 Å². The second-order valence-electron chi connectivity index (χ2n) is 18.3. The summed E-state index contributed by atoms with van der Waals surface area (Å²) >= 11 is 0. The Balaban J connectivity index is 1.41. The maximum atomic E-state index is 2.85. The van der Waals surface area contributed by atoms with Gasteiger partial charge in [-0.1, -0.05) is 122 Å². The Morgan fingerprint density at radius 2 is 1.32 bits per heavy atom. The molecule has 252 valence electrons.